The van der Waals surface area contributed by atoms with Gasteiger partial charge in [-0.25, -0.2) is 0 Å². The zero-order valence-corrected chi connectivity index (χ0v) is 10.3. The summed E-state index contributed by atoms with van der Waals surface area (Å²) < 4.78 is 5.35. The maximum atomic E-state index is 11.6. The van der Waals surface area contributed by atoms with Crippen LogP contribution in [0.2, 0.25) is 0 Å². The van der Waals surface area contributed by atoms with Crippen molar-refractivity contribution < 1.29 is 9.53 Å². The summed E-state index contributed by atoms with van der Waals surface area (Å²) >= 11 is 0. The van der Waals surface area contributed by atoms with Crippen molar-refractivity contribution in [1.29, 1.82) is 0 Å². The van der Waals surface area contributed by atoms with E-state index in [1.165, 1.54) is 0 Å². The van der Waals surface area contributed by atoms with Gasteiger partial charge in [-0.15, -0.1) is 12.4 Å². The monoisotopic (exact) mass is 236 g/mol. The lowest BCUT2D eigenvalue weighted by molar-refractivity contribution is -0.124. The molecule has 3 unspecified atom stereocenters. The summed E-state index contributed by atoms with van der Waals surface area (Å²) in [5.74, 6) is 0.106. The molecule has 0 aromatic heterocycles. The van der Waals surface area contributed by atoms with Crippen LogP contribution < -0.4 is 11.1 Å². The minimum atomic E-state index is -0.414. The standard InChI is InChI=1S/C10H20N2O2.ClH/c1-6(2)9(11)10(13)12-8-4-5-14-7(8)3;/h6-9H,4-5,11H2,1-3H3,(H,12,13);1H. The van der Waals surface area contributed by atoms with E-state index < -0.39 is 6.04 Å². The lowest BCUT2D eigenvalue weighted by atomic mass is 10.0. The summed E-state index contributed by atoms with van der Waals surface area (Å²) in [7, 11) is 0. The minimum Gasteiger partial charge on any atom is -0.376 e. The van der Waals surface area contributed by atoms with Gasteiger partial charge < -0.3 is 15.8 Å². The molecule has 0 spiro atoms. The predicted octanol–water partition coefficient (Wildman–Crippen LogP) is 0.685. The second kappa shape index (κ2) is 6.30. The zero-order valence-electron chi connectivity index (χ0n) is 9.53. The Labute approximate surface area is 97.3 Å². The molecule has 5 heteroatoms. The Kier molecular flexibility index (Phi) is 6.17. The molecule has 0 aromatic rings. The van der Waals surface area contributed by atoms with Crippen molar-refractivity contribution in [2.24, 2.45) is 11.7 Å². The van der Waals surface area contributed by atoms with Crippen LogP contribution in [0.3, 0.4) is 0 Å². The molecule has 1 heterocycles. The highest BCUT2D eigenvalue weighted by Crippen LogP contribution is 2.13. The SMILES string of the molecule is CC(C)C(N)C(=O)NC1CCOC1C.Cl. The van der Waals surface area contributed by atoms with Gasteiger partial charge in [-0.2, -0.15) is 0 Å². The second-order valence-electron chi connectivity index (χ2n) is 4.25. The number of nitrogens with two attached hydrogens (primary N) is 1. The van der Waals surface area contributed by atoms with Gasteiger partial charge in [0, 0.05) is 6.61 Å². The number of rotatable bonds is 3. The Hall–Kier alpha value is -0.320. The topological polar surface area (TPSA) is 64.4 Å². The van der Waals surface area contributed by atoms with Crippen LogP contribution in [0.5, 0.6) is 0 Å². The van der Waals surface area contributed by atoms with Gasteiger partial charge in [0.1, 0.15) is 0 Å². The molecule has 1 rings (SSSR count). The Morgan fingerprint density at radius 1 is 1.53 bits per heavy atom. The highest BCUT2D eigenvalue weighted by molar-refractivity contribution is 5.85. The Balaban J connectivity index is 0.00000196. The van der Waals surface area contributed by atoms with Crippen LogP contribution in [0.25, 0.3) is 0 Å². The third kappa shape index (κ3) is 3.97. The van der Waals surface area contributed by atoms with Crippen LogP contribution in [0.1, 0.15) is 27.2 Å². The molecule has 1 fully saturated rings. The quantitative estimate of drug-likeness (QED) is 0.758. The number of nitrogens with one attached hydrogen (secondary N) is 1. The van der Waals surface area contributed by atoms with Crippen LogP contribution in [0, 0.1) is 5.92 Å². The van der Waals surface area contributed by atoms with E-state index in [1.54, 1.807) is 0 Å². The molecule has 1 aliphatic rings. The van der Waals surface area contributed by atoms with Crippen molar-refractivity contribution in [3.63, 3.8) is 0 Å². The first-order valence-corrected chi connectivity index (χ1v) is 5.20. The molecule has 1 aliphatic heterocycles. The van der Waals surface area contributed by atoms with Crippen molar-refractivity contribution in [3.8, 4) is 0 Å². The fraction of sp³-hybridized carbons (Fsp3) is 0.900. The van der Waals surface area contributed by atoms with Crippen LogP contribution in [-0.2, 0) is 9.53 Å². The molecular weight excluding hydrogens is 216 g/mol. The molecule has 4 nitrogen and oxygen atoms in total. The average molecular weight is 237 g/mol. The lowest BCUT2D eigenvalue weighted by Crippen LogP contribution is -2.49. The Morgan fingerprint density at radius 3 is 2.53 bits per heavy atom. The number of carbonyl (C=O) groups is 1. The van der Waals surface area contributed by atoms with Gasteiger partial charge in [-0.3, -0.25) is 4.79 Å². The first kappa shape index (κ1) is 14.7. The molecule has 0 aliphatic carbocycles. The maximum Gasteiger partial charge on any atom is 0.237 e. The number of halogens is 1. The molecule has 0 aromatic carbocycles. The van der Waals surface area contributed by atoms with Gasteiger partial charge in [0.25, 0.3) is 0 Å². The average Bonchev–Trinajstić information content (AvgIpc) is 2.50. The van der Waals surface area contributed by atoms with Crippen molar-refractivity contribution in [2.45, 2.75) is 45.4 Å². The van der Waals surface area contributed by atoms with Gasteiger partial charge in [0.2, 0.25) is 5.91 Å². The van der Waals surface area contributed by atoms with Gasteiger partial charge >= 0.3 is 0 Å². The molecule has 15 heavy (non-hydrogen) atoms. The fourth-order valence-corrected chi connectivity index (χ4v) is 1.50. The van der Waals surface area contributed by atoms with Crippen molar-refractivity contribution in [1.82, 2.24) is 5.32 Å². The van der Waals surface area contributed by atoms with E-state index in [1.807, 2.05) is 20.8 Å². The number of hydrogen-bond acceptors (Lipinski definition) is 3. The molecule has 3 atom stereocenters. The molecule has 0 bridgehead atoms. The van der Waals surface area contributed by atoms with Gasteiger partial charge in [0.05, 0.1) is 18.2 Å². The van der Waals surface area contributed by atoms with Crippen LogP contribution in [-0.4, -0.2) is 30.7 Å². The highest BCUT2D eigenvalue weighted by atomic mass is 35.5. The smallest absolute Gasteiger partial charge is 0.237 e. The lowest BCUT2D eigenvalue weighted by Gasteiger charge is -2.20. The number of hydrogen-bond donors (Lipinski definition) is 2. The third-order valence-electron chi connectivity index (χ3n) is 2.72. The minimum absolute atomic E-state index is 0. The second-order valence-corrected chi connectivity index (χ2v) is 4.25. The van der Waals surface area contributed by atoms with E-state index in [4.69, 9.17) is 10.5 Å². The summed E-state index contributed by atoms with van der Waals surface area (Å²) in [6, 6.07) is -0.282. The highest BCUT2D eigenvalue weighted by Gasteiger charge is 2.28. The third-order valence-corrected chi connectivity index (χ3v) is 2.72. The van der Waals surface area contributed by atoms with Crippen molar-refractivity contribution >= 4 is 18.3 Å². The first-order chi connectivity index (χ1) is 6.52. The van der Waals surface area contributed by atoms with Gasteiger partial charge in [-0.05, 0) is 19.3 Å². The molecule has 3 N–H and O–H groups in total. The van der Waals surface area contributed by atoms with Gasteiger partial charge in [-0.1, -0.05) is 13.8 Å². The van der Waals surface area contributed by atoms with Crippen LogP contribution in [0.4, 0.5) is 0 Å². The van der Waals surface area contributed by atoms with Gasteiger partial charge in [0.15, 0.2) is 0 Å². The number of amides is 1. The molecule has 0 radical (unpaired) electrons. The Bertz CT molecular complexity index is 212. The van der Waals surface area contributed by atoms with Crippen LogP contribution in [0.15, 0.2) is 0 Å². The van der Waals surface area contributed by atoms with E-state index in [9.17, 15) is 4.79 Å². The number of ether oxygens (including phenoxy) is 1. The molecule has 0 saturated carbocycles. The summed E-state index contributed by atoms with van der Waals surface area (Å²) in [4.78, 5) is 11.6. The number of carbonyl (C=O) groups excluding carboxylic acids is 1. The summed E-state index contributed by atoms with van der Waals surface area (Å²) in [5, 5.41) is 2.92. The van der Waals surface area contributed by atoms with E-state index in [2.05, 4.69) is 5.32 Å². The molecule has 1 amide bonds. The zero-order chi connectivity index (χ0) is 10.7. The van der Waals surface area contributed by atoms with Crippen LogP contribution >= 0.6 is 12.4 Å². The Morgan fingerprint density at radius 2 is 2.13 bits per heavy atom. The maximum absolute atomic E-state index is 11.6. The molecule has 90 valence electrons. The molecular formula is C10H21ClN2O2. The van der Waals surface area contributed by atoms with E-state index in [0.717, 1.165) is 13.0 Å². The summed E-state index contributed by atoms with van der Waals surface area (Å²) in [6.07, 6.45) is 0.996. The predicted molar refractivity (Wildman–Crippen MR) is 62.0 cm³/mol. The fourth-order valence-electron chi connectivity index (χ4n) is 1.50. The van der Waals surface area contributed by atoms with E-state index in [0.29, 0.717) is 0 Å². The van der Waals surface area contributed by atoms with E-state index in [-0.39, 0.29) is 36.4 Å². The summed E-state index contributed by atoms with van der Waals surface area (Å²) in [5.41, 5.74) is 5.73. The van der Waals surface area contributed by atoms with Crippen molar-refractivity contribution in [3.05, 3.63) is 0 Å². The molecule has 1 saturated heterocycles. The van der Waals surface area contributed by atoms with Crippen molar-refractivity contribution in [2.75, 3.05) is 6.61 Å². The largest absolute Gasteiger partial charge is 0.376 e. The normalized spacial score (nSPS) is 27.3. The van der Waals surface area contributed by atoms with E-state index >= 15 is 0 Å². The first-order valence-electron chi connectivity index (χ1n) is 5.20. The summed E-state index contributed by atoms with van der Waals surface area (Å²) in [6.45, 7) is 6.58.